The number of aromatic nitrogens is 3. The lowest BCUT2D eigenvalue weighted by atomic mass is 9.95. The van der Waals surface area contributed by atoms with Gasteiger partial charge < -0.3 is 19.5 Å². The summed E-state index contributed by atoms with van der Waals surface area (Å²) in [6, 6.07) is 5.04. The Labute approximate surface area is 151 Å². The van der Waals surface area contributed by atoms with E-state index in [4.69, 9.17) is 14.2 Å². The van der Waals surface area contributed by atoms with Crippen molar-refractivity contribution in [2.75, 3.05) is 26.1 Å². The normalized spacial score (nSPS) is 16.0. The average molecular weight is 358 g/mol. The number of anilines is 1. The van der Waals surface area contributed by atoms with E-state index in [2.05, 4.69) is 15.4 Å². The summed E-state index contributed by atoms with van der Waals surface area (Å²) in [6.07, 6.45) is 0. The summed E-state index contributed by atoms with van der Waals surface area (Å²) in [7, 11) is 3.15. The molecule has 1 aliphatic rings. The highest BCUT2D eigenvalue weighted by Gasteiger charge is 2.35. The molecule has 2 aromatic rings. The molecule has 138 valence electrons. The SMILES string of the molecule is CCOC(=O)C1=C(C)Nc2nc(C)nn2[C@@H]1c1ccc(OC)c(OC)c1. The molecule has 8 heteroatoms. The Balaban J connectivity index is 2.18. The van der Waals surface area contributed by atoms with E-state index in [0.717, 1.165) is 5.56 Å². The van der Waals surface area contributed by atoms with Gasteiger partial charge in [0, 0.05) is 5.70 Å². The Morgan fingerprint density at radius 1 is 1.23 bits per heavy atom. The van der Waals surface area contributed by atoms with Crippen molar-refractivity contribution in [3.63, 3.8) is 0 Å². The third-order valence-electron chi connectivity index (χ3n) is 4.18. The highest BCUT2D eigenvalue weighted by Crippen LogP contribution is 2.38. The molecule has 1 aromatic carbocycles. The zero-order valence-corrected chi connectivity index (χ0v) is 15.5. The van der Waals surface area contributed by atoms with Crippen LogP contribution in [0.1, 0.15) is 31.3 Å². The van der Waals surface area contributed by atoms with Crippen LogP contribution in [0.4, 0.5) is 5.95 Å². The number of fused-ring (bicyclic) bond motifs is 1. The van der Waals surface area contributed by atoms with E-state index in [1.807, 2.05) is 19.1 Å². The Kier molecular flexibility index (Phi) is 4.83. The molecule has 0 saturated heterocycles. The van der Waals surface area contributed by atoms with Crippen LogP contribution in [0.2, 0.25) is 0 Å². The summed E-state index contributed by atoms with van der Waals surface area (Å²) in [6.45, 7) is 5.70. The van der Waals surface area contributed by atoms with Gasteiger partial charge in [-0.2, -0.15) is 10.1 Å². The summed E-state index contributed by atoms with van der Waals surface area (Å²) >= 11 is 0. The number of rotatable bonds is 5. The van der Waals surface area contributed by atoms with Crippen LogP contribution in [0.3, 0.4) is 0 Å². The van der Waals surface area contributed by atoms with E-state index in [1.54, 1.807) is 38.8 Å². The number of carbonyl (C=O) groups is 1. The van der Waals surface area contributed by atoms with Crippen LogP contribution in [0, 0.1) is 6.92 Å². The number of nitrogens with zero attached hydrogens (tertiary/aromatic N) is 3. The zero-order chi connectivity index (χ0) is 18.8. The molecule has 2 heterocycles. The van der Waals surface area contributed by atoms with Gasteiger partial charge in [-0.1, -0.05) is 6.07 Å². The van der Waals surface area contributed by atoms with Crippen LogP contribution < -0.4 is 14.8 Å². The second-order valence-corrected chi connectivity index (χ2v) is 5.83. The van der Waals surface area contributed by atoms with E-state index < -0.39 is 12.0 Å². The fourth-order valence-corrected chi connectivity index (χ4v) is 3.06. The first-order valence-electron chi connectivity index (χ1n) is 8.30. The summed E-state index contributed by atoms with van der Waals surface area (Å²) in [5, 5.41) is 7.60. The van der Waals surface area contributed by atoms with Gasteiger partial charge in [0.25, 0.3) is 0 Å². The van der Waals surface area contributed by atoms with Crippen LogP contribution in [0.5, 0.6) is 11.5 Å². The number of allylic oxidation sites excluding steroid dienone is 1. The largest absolute Gasteiger partial charge is 0.493 e. The standard InChI is InChI=1S/C18H22N4O4/c1-6-26-17(23)15-10(2)19-18-20-11(3)21-22(18)16(15)12-7-8-13(24-4)14(9-12)25-5/h7-9,16H,6H2,1-5H3,(H,19,20,21)/t16-/m1/s1. The van der Waals surface area contributed by atoms with Crippen molar-refractivity contribution in [3.8, 4) is 11.5 Å². The smallest absolute Gasteiger partial charge is 0.338 e. The third kappa shape index (κ3) is 2.98. The zero-order valence-electron chi connectivity index (χ0n) is 15.5. The van der Waals surface area contributed by atoms with Gasteiger partial charge >= 0.3 is 5.97 Å². The molecule has 1 aromatic heterocycles. The molecule has 1 aliphatic heterocycles. The number of methoxy groups -OCH3 is 2. The lowest BCUT2D eigenvalue weighted by Crippen LogP contribution is -2.29. The number of esters is 1. The highest BCUT2D eigenvalue weighted by molar-refractivity contribution is 5.92. The Morgan fingerprint density at radius 3 is 2.62 bits per heavy atom. The van der Waals surface area contributed by atoms with E-state index in [0.29, 0.717) is 34.5 Å². The second kappa shape index (κ2) is 7.07. The number of ether oxygens (including phenoxy) is 3. The van der Waals surface area contributed by atoms with Crippen LogP contribution in [0.25, 0.3) is 0 Å². The molecule has 0 saturated carbocycles. The minimum absolute atomic E-state index is 0.289. The van der Waals surface area contributed by atoms with Crippen molar-refractivity contribution < 1.29 is 19.0 Å². The van der Waals surface area contributed by atoms with Gasteiger partial charge in [-0.15, -0.1) is 0 Å². The molecule has 1 N–H and O–H groups in total. The Morgan fingerprint density at radius 2 is 1.96 bits per heavy atom. The first-order valence-corrected chi connectivity index (χ1v) is 8.30. The summed E-state index contributed by atoms with van der Waals surface area (Å²) in [5.41, 5.74) is 1.98. The molecular formula is C18H22N4O4. The monoisotopic (exact) mass is 358 g/mol. The summed E-state index contributed by atoms with van der Waals surface area (Å²) < 4.78 is 17.7. The van der Waals surface area contributed by atoms with Crippen molar-refractivity contribution in [2.24, 2.45) is 0 Å². The van der Waals surface area contributed by atoms with Crippen molar-refractivity contribution in [3.05, 3.63) is 40.9 Å². The molecule has 3 rings (SSSR count). The highest BCUT2D eigenvalue weighted by atomic mass is 16.5. The lowest BCUT2D eigenvalue weighted by Gasteiger charge is -2.28. The van der Waals surface area contributed by atoms with Crippen LogP contribution in [0.15, 0.2) is 29.5 Å². The van der Waals surface area contributed by atoms with Crippen molar-refractivity contribution in [1.82, 2.24) is 14.8 Å². The van der Waals surface area contributed by atoms with E-state index in [-0.39, 0.29) is 6.61 Å². The van der Waals surface area contributed by atoms with Crippen LogP contribution in [-0.2, 0) is 9.53 Å². The van der Waals surface area contributed by atoms with Gasteiger partial charge in [-0.25, -0.2) is 9.48 Å². The minimum atomic E-state index is -0.480. The molecule has 0 bridgehead atoms. The number of nitrogens with one attached hydrogen (secondary N) is 1. The molecular weight excluding hydrogens is 336 g/mol. The molecule has 0 fully saturated rings. The summed E-state index contributed by atoms with van der Waals surface area (Å²) in [5.74, 6) is 1.97. The molecule has 8 nitrogen and oxygen atoms in total. The predicted molar refractivity (Wildman–Crippen MR) is 95.4 cm³/mol. The van der Waals surface area contributed by atoms with Crippen molar-refractivity contribution in [1.29, 1.82) is 0 Å². The third-order valence-corrected chi connectivity index (χ3v) is 4.18. The fourth-order valence-electron chi connectivity index (χ4n) is 3.06. The number of aryl methyl sites for hydroxylation is 1. The van der Waals surface area contributed by atoms with E-state index >= 15 is 0 Å². The molecule has 0 spiro atoms. The number of hydrogen-bond donors (Lipinski definition) is 1. The molecule has 26 heavy (non-hydrogen) atoms. The van der Waals surface area contributed by atoms with Gasteiger partial charge in [0.15, 0.2) is 11.5 Å². The van der Waals surface area contributed by atoms with Gasteiger partial charge in [-0.3, -0.25) is 0 Å². The van der Waals surface area contributed by atoms with E-state index in [9.17, 15) is 4.79 Å². The molecule has 0 aliphatic carbocycles. The van der Waals surface area contributed by atoms with Gasteiger partial charge in [-0.05, 0) is 38.5 Å². The molecule has 0 radical (unpaired) electrons. The maximum absolute atomic E-state index is 12.6. The van der Waals surface area contributed by atoms with Crippen molar-refractivity contribution >= 4 is 11.9 Å². The molecule has 0 amide bonds. The molecule has 1 atom stereocenters. The van der Waals surface area contributed by atoms with Gasteiger partial charge in [0.1, 0.15) is 11.9 Å². The second-order valence-electron chi connectivity index (χ2n) is 5.83. The summed E-state index contributed by atoms with van der Waals surface area (Å²) in [4.78, 5) is 17.0. The maximum atomic E-state index is 12.6. The van der Waals surface area contributed by atoms with Crippen molar-refractivity contribution in [2.45, 2.75) is 26.8 Å². The average Bonchev–Trinajstić information content (AvgIpc) is 2.99. The number of hydrogen-bond acceptors (Lipinski definition) is 7. The lowest BCUT2D eigenvalue weighted by molar-refractivity contribution is -0.139. The van der Waals surface area contributed by atoms with Gasteiger partial charge in [0.2, 0.25) is 5.95 Å². The van der Waals surface area contributed by atoms with Gasteiger partial charge in [0.05, 0.1) is 26.4 Å². The first-order chi connectivity index (χ1) is 12.5. The number of carbonyl (C=O) groups excluding carboxylic acids is 1. The topological polar surface area (TPSA) is 87.5 Å². The van der Waals surface area contributed by atoms with Crippen LogP contribution >= 0.6 is 0 Å². The Hall–Kier alpha value is -3.03. The fraction of sp³-hybridized carbons (Fsp3) is 0.389. The Bertz CT molecular complexity index is 872. The predicted octanol–water partition coefficient (Wildman–Crippen LogP) is 2.46. The number of benzene rings is 1. The minimum Gasteiger partial charge on any atom is -0.493 e. The van der Waals surface area contributed by atoms with Crippen LogP contribution in [-0.4, -0.2) is 41.6 Å². The molecule has 0 unspecified atom stereocenters. The van der Waals surface area contributed by atoms with E-state index in [1.165, 1.54) is 0 Å². The maximum Gasteiger partial charge on any atom is 0.338 e. The first kappa shape index (κ1) is 17.8. The quantitative estimate of drug-likeness (QED) is 0.822.